The summed E-state index contributed by atoms with van der Waals surface area (Å²) in [5.41, 5.74) is 13.0. The molecule has 0 aliphatic carbocycles. The second kappa shape index (κ2) is 6.85. The topological polar surface area (TPSA) is 77.8 Å². The van der Waals surface area contributed by atoms with E-state index in [2.05, 4.69) is 10.2 Å². The van der Waals surface area contributed by atoms with Crippen molar-refractivity contribution in [2.75, 3.05) is 11.5 Å². The molecular formula is C16H21F3N4. The summed E-state index contributed by atoms with van der Waals surface area (Å²) in [6.07, 6.45) is -4.54. The summed E-state index contributed by atoms with van der Waals surface area (Å²) in [5, 5.41) is 8.03. The Morgan fingerprint density at radius 2 is 1.43 bits per heavy atom. The average molecular weight is 326 g/mol. The molecule has 0 saturated carbocycles. The zero-order chi connectivity index (χ0) is 17.9. The van der Waals surface area contributed by atoms with Crippen LogP contribution in [0, 0.1) is 20.8 Å². The maximum absolute atomic E-state index is 12.8. The quantitative estimate of drug-likeness (QED) is 0.767. The van der Waals surface area contributed by atoms with Gasteiger partial charge in [0.2, 0.25) is 0 Å². The molecule has 0 radical (unpaired) electrons. The van der Waals surface area contributed by atoms with E-state index in [0.29, 0.717) is 11.3 Å². The number of nitrogen functional groups attached to an aromatic ring is 2. The molecule has 126 valence electrons. The van der Waals surface area contributed by atoms with Crippen LogP contribution in [0.2, 0.25) is 0 Å². The van der Waals surface area contributed by atoms with Gasteiger partial charge in [-0.25, -0.2) is 0 Å². The SMILES string of the molecule is CC.Cc1nnc(-c2ccc(C(F)(F)F)c(N)c2N)c(C)c1C. The first-order valence-electron chi connectivity index (χ1n) is 7.20. The second-order valence-corrected chi connectivity index (χ2v) is 4.87. The van der Waals surface area contributed by atoms with Crippen molar-refractivity contribution >= 4 is 11.4 Å². The van der Waals surface area contributed by atoms with Gasteiger partial charge in [-0.05, 0) is 44.0 Å². The van der Waals surface area contributed by atoms with E-state index >= 15 is 0 Å². The molecule has 1 aromatic carbocycles. The highest BCUT2D eigenvalue weighted by atomic mass is 19.4. The minimum Gasteiger partial charge on any atom is -0.397 e. The van der Waals surface area contributed by atoms with Crippen molar-refractivity contribution in [1.82, 2.24) is 10.2 Å². The minimum absolute atomic E-state index is 0.134. The Hall–Kier alpha value is -2.31. The first-order chi connectivity index (χ1) is 10.6. The fourth-order valence-corrected chi connectivity index (χ4v) is 2.07. The molecule has 4 N–H and O–H groups in total. The molecule has 0 spiro atoms. The highest BCUT2D eigenvalue weighted by molar-refractivity contribution is 5.86. The van der Waals surface area contributed by atoms with E-state index in [1.165, 1.54) is 6.07 Å². The van der Waals surface area contributed by atoms with Crippen LogP contribution in [0.4, 0.5) is 24.5 Å². The lowest BCUT2D eigenvalue weighted by Gasteiger charge is -2.16. The van der Waals surface area contributed by atoms with Crippen molar-refractivity contribution in [3.8, 4) is 11.3 Å². The fourth-order valence-electron chi connectivity index (χ4n) is 2.07. The van der Waals surface area contributed by atoms with Crippen LogP contribution in [0.5, 0.6) is 0 Å². The van der Waals surface area contributed by atoms with E-state index in [0.717, 1.165) is 22.9 Å². The van der Waals surface area contributed by atoms with Crippen LogP contribution in [-0.4, -0.2) is 10.2 Å². The molecule has 2 aromatic rings. The monoisotopic (exact) mass is 326 g/mol. The number of alkyl halides is 3. The Kier molecular flexibility index (Phi) is 5.58. The van der Waals surface area contributed by atoms with Crippen molar-refractivity contribution < 1.29 is 13.2 Å². The molecule has 0 bridgehead atoms. The third-order valence-electron chi connectivity index (χ3n) is 3.61. The molecule has 0 aliphatic heterocycles. The number of nitrogens with two attached hydrogens (primary N) is 2. The van der Waals surface area contributed by atoms with Gasteiger partial charge in [0.25, 0.3) is 0 Å². The van der Waals surface area contributed by atoms with Gasteiger partial charge in [-0.3, -0.25) is 0 Å². The Bertz CT molecular complexity index is 709. The number of rotatable bonds is 1. The summed E-state index contributed by atoms with van der Waals surface area (Å²) in [5.74, 6) is 0. The minimum atomic E-state index is -4.54. The number of anilines is 2. The molecular weight excluding hydrogens is 305 g/mol. The number of hydrogen-bond donors (Lipinski definition) is 2. The largest absolute Gasteiger partial charge is 0.418 e. The molecule has 0 fully saturated rings. The molecule has 1 heterocycles. The third kappa shape index (κ3) is 3.55. The van der Waals surface area contributed by atoms with Gasteiger partial charge in [-0.1, -0.05) is 13.8 Å². The molecule has 7 heteroatoms. The van der Waals surface area contributed by atoms with Crippen molar-refractivity contribution in [1.29, 1.82) is 0 Å². The van der Waals surface area contributed by atoms with Crippen LogP contribution >= 0.6 is 0 Å². The summed E-state index contributed by atoms with van der Waals surface area (Å²) < 4.78 is 38.4. The molecule has 0 aliphatic rings. The Balaban J connectivity index is 0.00000127. The van der Waals surface area contributed by atoms with Crippen molar-refractivity contribution in [3.05, 3.63) is 34.5 Å². The number of halogens is 3. The van der Waals surface area contributed by atoms with Gasteiger partial charge in [0.05, 0.1) is 28.3 Å². The van der Waals surface area contributed by atoms with E-state index in [-0.39, 0.29) is 5.69 Å². The normalized spacial score (nSPS) is 11.0. The van der Waals surface area contributed by atoms with Crippen LogP contribution in [0.25, 0.3) is 11.3 Å². The smallest absolute Gasteiger partial charge is 0.397 e. The van der Waals surface area contributed by atoms with E-state index < -0.39 is 17.4 Å². The summed E-state index contributed by atoms with van der Waals surface area (Å²) in [6, 6.07) is 2.19. The van der Waals surface area contributed by atoms with Gasteiger partial charge in [0.15, 0.2) is 0 Å². The van der Waals surface area contributed by atoms with E-state index in [9.17, 15) is 13.2 Å². The lowest BCUT2D eigenvalue weighted by atomic mass is 9.98. The summed E-state index contributed by atoms with van der Waals surface area (Å²) >= 11 is 0. The first kappa shape index (κ1) is 18.7. The summed E-state index contributed by atoms with van der Waals surface area (Å²) in [4.78, 5) is 0. The van der Waals surface area contributed by atoms with Gasteiger partial charge >= 0.3 is 6.18 Å². The molecule has 1 aromatic heterocycles. The van der Waals surface area contributed by atoms with Crippen LogP contribution in [0.15, 0.2) is 12.1 Å². The number of nitrogens with zero attached hydrogens (tertiary/aromatic N) is 2. The van der Waals surface area contributed by atoms with E-state index in [1.54, 1.807) is 0 Å². The Morgan fingerprint density at radius 3 is 1.96 bits per heavy atom. The molecule has 4 nitrogen and oxygen atoms in total. The van der Waals surface area contributed by atoms with Crippen LogP contribution in [0.3, 0.4) is 0 Å². The standard InChI is InChI=1S/C14H15F3N4.C2H6/c1-6-7(2)13(21-20-8(6)3)9-4-5-10(14(15,16)17)12(19)11(9)18;1-2/h4-5H,18-19H2,1-3H3;1-2H3. The molecule has 0 unspecified atom stereocenters. The van der Waals surface area contributed by atoms with Gasteiger partial charge in [0.1, 0.15) is 0 Å². The van der Waals surface area contributed by atoms with Crippen LogP contribution in [0.1, 0.15) is 36.2 Å². The highest BCUT2D eigenvalue weighted by Crippen LogP contribution is 2.40. The summed E-state index contributed by atoms with van der Waals surface area (Å²) in [6.45, 7) is 9.50. The predicted molar refractivity (Wildman–Crippen MR) is 86.9 cm³/mol. The number of aryl methyl sites for hydroxylation is 1. The Labute approximate surface area is 133 Å². The van der Waals surface area contributed by atoms with E-state index in [4.69, 9.17) is 11.5 Å². The summed E-state index contributed by atoms with van der Waals surface area (Å²) in [7, 11) is 0. The Morgan fingerprint density at radius 1 is 0.870 bits per heavy atom. The zero-order valence-corrected chi connectivity index (χ0v) is 13.8. The zero-order valence-electron chi connectivity index (χ0n) is 13.8. The second-order valence-electron chi connectivity index (χ2n) is 4.87. The maximum atomic E-state index is 12.8. The molecule has 23 heavy (non-hydrogen) atoms. The molecule has 0 atom stereocenters. The van der Waals surface area contributed by atoms with Gasteiger partial charge in [-0.15, -0.1) is 5.10 Å². The third-order valence-corrected chi connectivity index (χ3v) is 3.61. The van der Waals surface area contributed by atoms with Crippen LogP contribution in [-0.2, 0) is 6.18 Å². The molecule has 0 saturated heterocycles. The lowest BCUT2D eigenvalue weighted by molar-refractivity contribution is -0.136. The van der Waals surface area contributed by atoms with Crippen molar-refractivity contribution in [3.63, 3.8) is 0 Å². The average Bonchev–Trinajstić information content (AvgIpc) is 2.49. The van der Waals surface area contributed by atoms with Gasteiger partial charge < -0.3 is 11.5 Å². The fraction of sp³-hybridized carbons (Fsp3) is 0.375. The van der Waals surface area contributed by atoms with Gasteiger partial charge in [0, 0.05) is 5.56 Å². The van der Waals surface area contributed by atoms with Crippen molar-refractivity contribution in [2.24, 2.45) is 0 Å². The molecule has 0 amide bonds. The number of benzene rings is 1. The van der Waals surface area contributed by atoms with E-state index in [1.807, 2.05) is 34.6 Å². The number of aromatic nitrogens is 2. The maximum Gasteiger partial charge on any atom is 0.418 e. The van der Waals surface area contributed by atoms with Gasteiger partial charge in [-0.2, -0.15) is 18.3 Å². The first-order valence-corrected chi connectivity index (χ1v) is 7.20. The highest BCUT2D eigenvalue weighted by Gasteiger charge is 2.34. The van der Waals surface area contributed by atoms with Crippen molar-refractivity contribution in [2.45, 2.75) is 40.8 Å². The van der Waals surface area contributed by atoms with Crippen LogP contribution < -0.4 is 11.5 Å². The predicted octanol–water partition coefficient (Wildman–Crippen LogP) is 4.28. The number of hydrogen-bond acceptors (Lipinski definition) is 4. The lowest BCUT2D eigenvalue weighted by Crippen LogP contribution is -2.12. The molecule has 2 rings (SSSR count).